The zero-order valence-electron chi connectivity index (χ0n) is 31.3. The van der Waals surface area contributed by atoms with E-state index < -0.39 is 8.60 Å². The van der Waals surface area contributed by atoms with Crippen LogP contribution in [0.1, 0.15) is 203 Å². The van der Waals surface area contributed by atoms with E-state index in [-0.39, 0.29) is 5.41 Å². The lowest BCUT2D eigenvalue weighted by Gasteiger charge is -2.34. The molecule has 2 unspecified atom stereocenters. The molecule has 0 spiro atoms. The Morgan fingerprint density at radius 3 is 1.67 bits per heavy atom. The third kappa shape index (κ3) is 21.2. The van der Waals surface area contributed by atoms with Crippen LogP contribution >= 0.6 is 8.60 Å². The molecular formula is C41H77O3P. The molecule has 0 aromatic carbocycles. The van der Waals surface area contributed by atoms with Gasteiger partial charge in [-0.2, -0.15) is 0 Å². The molecule has 0 amide bonds. The van der Waals surface area contributed by atoms with Crippen molar-refractivity contribution in [3.63, 3.8) is 0 Å². The van der Waals surface area contributed by atoms with Crippen LogP contribution in [0.4, 0.5) is 0 Å². The summed E-state index contributed by atoms with van der Waals surface area (Å²) in [6, 6.07) is 0. The summed E-state index contributed by atoms with van der Waals surface area (Å²) in [6.45, 7) is 17.5. The van der Waals surface area contributed by atoms with Crippen LogP contribution in [0.5, 0.6) is 0 Å². The molecule has 1 aliphatic rings. The van der Waals surface area contributed by atoms with E-state index in [2.05, 4.69) is 60.6 Å². The maximum absolute atomic E-state index is 10.4. The summed E-state index contributed by atoms with van der Waals surface area (Å²) < 4.78 is 11.5. The molecule has 0 aliphatic heterocycles. The Morgan fingerprint density at radius 1 is 0.689 bits per heavy atom. The maximum atomic E-state index is 10.4. The second-order valence-electron chi connectivity index (χ2n) is 14.9. The summed E-state index contributed by atoms with van der Waals surface area (Å²) in [7, 11) is -1.76. The first-order chi connectivity index (χ1) is 21.7. The molecule has 0 aromatic heterocycles. The normalized spacial score (nSPS) is 16.4. The number of rotatable bonds is 29. The van der Waals surface area contributed by atoms with Crippen molar-refractivity contribution >= 4 is 8.60 Å². The highest BCUT2D eigenvalue weighted by molar-refractivity contribution is 7.40. The van der Waals surface area contributed by atoms with Gasteiger partial charge in [0.05, 0.1) is 13.2 Å². The number of allylic oxidation sites excluding steroid dienone is 6. The first-order valence-corrected chi connectivity index (χ1v) is 20.7. The SMILES string of the molecule is CCCC=C1CC(C(C)(C)C)=C(C(CCCCCCCCC)CCCOP(O)OCCCCCCCCCCCCC)C=C1C. The van der Waals surface area contributed by atoms with Crippen molar-refractivity contribution in [1.29, 1.82) is 0 Å². The summed E-state index contributed by atoms with van der Waals surface area (Å²) in [5.74, 6) is 0.559. The molecule has 0 saturated carbocycles. The lowest BCUT2D eigenvalue weighted by atomic mass is 9.71. The Kier molecular flexibility index (Phi) is 26.0. The van der Waals surface area contributed by atoms with E-state index in [9.17, 15) is 4.89 Å². The Morgan fingerprint density at radius 2 is 1.16 bits per heavy atom. The largest absolute Gasteiger partial charge is 0.329 e. The highest BCUT2D eigenvalue weighted by Crippen LogP contribution is 2.44. The van der Waals surface area contributed by atoms with Crippen LogP contribution in [-0.4, -0.2) is 18.1 Å². The van der Waals surface area contributed by atoms with Gasteiger partial charge in [0.25, 0.3) is 0 Å². The molecule has 1 N–H and O–H groups in total. The quantitative estimate of drug-likeness (QED) is 0.0648. The first-order valence-electron chi connectivity index (χ1n) is 19.6. The number of hydrogen-bond donors (Lipinski definition) is 1. The molecule has 0 heterocycles. The van der Waals surface area contributed by atoms with E-state index in [1.165, 1.54) is 133 Å². The molecule has 1 rings (SSSR count). The standard InChI is InChI=1S/C41H77O3P/c1-8-11-14-16-18-19-20-21-23-25-27-32-43-45(42)44-33-28-31-37(30-26-24-22-17-15-12-9-2)39-34-36(4)38(29-13-10-3)35-40(39)41(5,6)7/h29,34,37,42H,8-28,30-33,35H2,1-7H3. The minimum atomic E-state index is -1.76. The monoisotopic (exact) mass is 649 g/mol. The molecule has 0 saturated heterocycles. The van der Waals surface area contributed by atoms with Crippen molar-refractivity contribution in [3.8, 4) is 0 Å². The lowest BCUT2D eigenvalue weighted by molar-refractivity contribution is 0.191. The van der Waals surface area contributed by atoms with Crippen molar-refractivity contribution < 1.29 is 13.9 Å². The van der Waals surface area contributed by atoms with Crippen LogP contribution in [0.3, 0.4) is 0 Å². The van der Waals surface area contributed by atoms with Gasteiger partial charge in [0.1, 0.15) is 0 Å². The van der Waals surface area contributed by atoms with Crippen molar-refractivity contribution in [2.75, 3.05) is 13.2 Å². The molecule has 4 heteroatoms. The topological polar surface area (TPSA) is 38.7 Å². The van der Waals surface area contributed by atoms with Gasteiger partial charge in [-0.15, -0.1) is 0 Å². The summed E-state index contributed by atoms with van der Waals surface area (Å²) in [6.07, 6.45) is 35.8. The highest BCUT2D eigenvalue weighted by Gasteiger charge is 2.28. The molecule has 264 valence electrons. The van der Waals surface area contributed by atoms with Crippen molar-refractivity contribution in [2.45, 2.75) is 203 Å². The van der Waals surface area contributed by atoms with Gasteiger partial charge in [-0.05, 0) is 73.5 Å². The summed E-state index contributed by atoms with van der Waals surface area (Å²) >= 11 is 0. The second-order valence-corrected chi connectivity index (χ2v) is 15.9. The van der Waals surface area contributed by atoms with Gasteiger partial charge in [-0.3, -0.25) is 0 Å². The van der Waals surface area contributed by atoms with E-state index in [0.29, 0.717) is 19.1 Å². The lowest BCUT2D eigenvalue weighted by Crippen LogP contribution is -2.20. The predicted molar refractivity (Wildman–Crippen MR) is 201 cm³/mol. The second kappa shape index (κ2) is 27.5. The number of hydrogen-bond acceptors (Lipinski definition) is 3. The molecule has 0 aromatic rings. The Balaban J connectivity index is 2.54. The van der Waals surface area contributed by atoms with Gasteiger partial charge >= 0.3 is 8.60 Å². The zero-order chi connectivity index (χ0) is 33.2. The van der Waals surface area contributed by atoms with Crippen LogP contribution in [0.25, 0.3) is 0 Å². The average molecular weight is 649 g/mol. The van der Waals surface area contributed by atoms with Crippen LogP contribution in [0, 0.1) is 11.3 Å². The van der Waals surface area contributed by atoms with Gasteiger partial charge in [0.2, 0.25) is 0 Å². The predicted octanol–water partition coefficient (Wildman–Crippen LogP) is 14.5. The van der Waals surface area contributed by atoms with E-state index in [1.807, 2.05) is 0 Å². The fraction of sp³-hybridized carbons (Fsp3) is 0.854. The van der Waals surface area contributed by atoms with E-state index in [4.69, 9.17) is 9.05 Å². The number of unbranched alkanes of at least 4 members (excludes halogenated alkanes) is 17. The average Bonchev–Trinajstić information content (AvgIpc) is 3.00. The summed E-state index contributed by atoms with van der Waals surface area (Å²) in [4.78, 5) is 10.4. The van der Waals surface area contributed by atoms with Crippen LogP contribution in [0.2, 0.25) is 0 Å². The van der Waals surface area contributed by atoms with E-state index in [1.54, 1.807) is 11.1 Å². The minimum absolute atomic E-state index is 0.161. The highest BCUT2D eigenvalue weighted by atomic mass is 31.2. The minimum Gasteiger partial charge on any atom is -0.328 e. The van der Waals surface area contributed by atoms with Gasteiger partial charge in [0, 0.05) is 0 Å². The molecular weight excluding hydrogens is 571 g/mol. The van der Waals surface area contributed by atoms with Crippen LogP contribution in [0.15, 0.2) is 34.4 Å². The third-order valence-electron chi connectivity index (χ3n) is 9.62. The molecule has 0 fully saturated rings. The van der Waals surface area contributed by atoms with Crippen molar-refractivity contribution in [3.05, 3.63) is 34.4 Å². The van der Waals surface area contributed by atoms with E-state index >= 15 is 0 Å². The van der Waals surface area contributed by atoms with Crippen LogP contribution in [-0.2, 0) is 9.05 Å². The van der Waals surface area contributed by atoms with Gasteiger partial charge in [-0.25, -0.2) is 0 Å². The van der Waals surface area contributed by atoms with Crippen LogP contribution < -0.4 is 0 Å². The van der Waals surface area contributed by atoms with Gasteiger partial charge in [-0.1, -0.05) is 175 Å². The molecule has 45 heavy (non-hydrogen) atoms. The molecule has 3 nitrogen and oxygen atoms in total. The fourth-order valence-corrected chi connectivity index (χ4v) is 7.33. The smallest absolute Gasteiger partial charge is 0.328 e. The van der Waals surface area contributed by atoms with Crippen molar-refractivity contribution in [1.82, 2.24) is 0 Å². The Bertz CT molecular complexity index is 806. The van der Waals surface area contributed by atoms with Crippen molar-refractivity contribution in [2.24, 2.45) is 11.3 Å². The molecule has 2 atom stereocenters. The van der Waals surface area contributed by atoms with Gasteiger partial charge in [0.15, 0.2) is 0 Å². The Labute approximate surface area is 283 Å². The molecule has 0 bridgehead atoms. The fourth-order valence-electron chi connectivity index (χ4n) is 6.68. The maximum Gasteiger partial charge on any atom is 0.329 e. The Hall–Kier alpha value is -0.470. The first kappa shape index (κ1) is 42.6. The van der Waals surface area contributed by atoms with E-state index in [0.717, 1.165) is 32.1 Å². The molecule has 0 radical (unpaired) electrons. The third-order valence-corrected chi connectivity index (χ3v) is 10.4. The zero-order valence-corrected chi connectivity index (χ0v) is 32.2. The molecule has 1 aliphatic carbocycles. The summed E-state index contributed by atoms with van der Waals surface area (Å²) in [5, 5.41) is 0. The summed E-state index contributed by atoms with van der Waals surface area (Å²) in [5.41, 5.74) is 6.38. The van der Waals surface area contributed by atoms with Gasteiger partial charge < -0.3 is 13.9 Å².